The van der Waals surface area contributed by atoms with Crippen LogP contribution in [0.2, 0.25) is 0 Å². The summed E-state index contributed by atoms with van der Waals surface area (Å²) in [5, 5.41) is 7.40. The molecule has 136 valence electrons. The van der Waals surface area contributed by atoms with Gasteiger partial charge in [0, 0.05) is 12.4 Å². The molecular weight excluding hydrogens is 338 g/mol. The van der Waals surface area contributed by atoms with Gasteiger partial charge in [0.1, 0.15) is 5.82 Å². The van der Waals surface area contributed by atoms with Crippen LogP contribution in [0.15, 0.2) is 60.9 Å². The van der Waals surface area contributed by atoms with Crippen molar-refractivity contribution in [1.29, 1.82) is 0 Å². The molecule has 4 rings (SSSR count). The molecule has 0 bridgehead atoms. The first-order chi connectivity index (χ1) is 13.1. The average Bonchev–Trinajstić information content (AvgIpc) is 3.30. The van der Waals surface area contributed by atoms with Crippen molar-refractivity contribution in [1.82, 2.24) is 25.1 Å². The van der Waals surface area contributed by atoms with Crippen LogP contribution < -0.4 is 5.32 Å². The van der Waals surface area contributed by atoms with Crippen molar-refractivity contribution < 1.29 is 4.79 Å². The lowest BCUT2D eigenvalue weighted by molar-refractivity contribution is -0.121. The zero-order chi connectivity index (χ0) is 18.8. The number of imidazole rings is 1. The van der Waals surface area contributed by atoms with E-state index in [-0.39, 0.29) is 11.9 Å². The summed E-state index contributed by atoms with van der Waals surface area (Å²) in [7, 11) is 0. The van der Waals surface area contributed by atoms with E-state index in [9.17, 15) is 4.79 Å². The molecule has 2 N–H and O–H groups in total. The van der Waals surface area contributed by atoms with Gasteiger partial charge in [-0.2, -0.15) is 5.10 Å². The minimum atomic E-state index is -0.129. The molecule has 0 spiro atoms. The van der Waals surface area contributed by atoms with E-state index in [1.54, 1.807) is 6.20 Å². The first-order valence-electron chi connectivity index (χ1n) is 8.94. The molecule has 27 heavy (non-hydrogen) atoms. The summed E-state index contributed by atoms with van der Waals surface area (Å²) in [4.78, 5) is 20.2. The van der Waals surface area contributed by atoms with Gasteiger partial charge in [-0.25, -0.2) is 9.67 Å². The van der Waals surface area contributed by atoms with Gasteiger partial charge in [0.2, 0.25) is 5.91 Å². The molecule has 0 aliphatic heterocycles. The van der Waals surface area contributed by atoms with Crippen LogP contribution in [0, 0.1) is 6.92 Å². The summed E-state index contributed by atoms with van der Waals surface area (Å²) in [6, 6.07) is 15.6. The van der Waals surface area contributed by atoms with Crippen LogP contribution >= 0.6 is 0 Å². The molecule has 2 heterocycles. The number of carbonyl (C=O) groups excluding carboxylic acids is 1. The summed E-state index contributed by atoms with van der Waals surface area (Å²) in [6.07, 6.45) is 3.96. The number of rotatable bonds is 5. The number of hydrogen-bond donors (Lipinski definition) is 2. The number of H-pyrrole nitrogens is 1. The Morgan fingerprint density at radius 2 is 2.07 bits per heavy atom. The number of carbonyl (C=O) groups is 1. The van der Waals surface area contributed by atoms with Crippen LogP contribution in [-0.4, -0.2) is 25.7 Å². The summed E-state index contributed by atoms with van der Waals surface area (Å²) < 4.78 is 1.81. The van der Waals surface area contributed by atoms with Crippen molar-refractivity contribution >= 4 is 16.9 Å². The van der Waals surface area contributed by atoms with E-state index >= 15 is 0 Å². The van der Waals surface area contributed by atoms with Crippen molar-refractivity contribution in [3.63, 3.8) is 0 Å². The highest BCUT2D eigenvalue weighted by Gasteiger charge is 2.15. The maximum atomic E-state index is 12.6. The van der Waals surface area contributed by atoms with E-state index in [1.165, 1.54) is 0 Å². The van der Waals surface area contributed by atoms with Crippen LogP contribution in [-0.2, 0) is 11.2 Å². The normalized spacial score (nSPS) is 12.2. The molecular formula is C21H21N5O. The number of fused-ring (bicyclic) bond motifs is 1. The SMILES string of the molecule is Cc1nc2ccc(CC(=O)N[C@@H](C)c3ccccc3-n3cccn3)cc2[nH]1. The monoisotopic (exact) mass is 359 g/mol. The van der Waals surface area contributed by atoms with E-state index < -0.39 is 0 Å². The molecule has 0 radical (unpaired) electrons. The maximum Gasteiger partial charge on any atom is 0.224 e. The Hall–Kier alpha value is -3.41. The molecule has 2 aromatic heterocycles. The lowest BCUT2D eigenvalue weighted by atomic mass is 10.1. The Morgan fingerprint density at radius 1 is 1.22 bits per heavy atom. The third kappa shape index (κ3) is 3.60. The number of hydrogen-bond acceptors (Lipinski definition) is 3. The molecule has 2 aromatic carbocycles. The molecule has 6 heteroatoms. The number of benzene rings is 2. The summed E-state index contributed by atoms with van der Waals surface area (Å²) >= 11 is 0. The number of para-hydroxylation sites is 1. The predicted molar refractivity (Wildman–Crippen MR) is 105 cm³/mol. The zero-order valence-corrected chi connectivity index (χ0v) is 15.3. The average molecular weight is 359 g/mol. The van der Waals surface area contributed by atoms with Gasteiger partial charge >= 0.3 is 0 Å². The first-order valence-corrected chi connectivity index (χ1v) is 8.94. The van der Waals surface area contributed by atoms with Crippen LogP contribution in [0.1, 0.15) is 29.9 Å². The lowest BCUT2D eigenvalue weighted by Gasteiger charge is -2.18. The molecule has 0 saturated carbocycles. The molecule has 1 atom stereocenters. The minimum Gasteiger partial charge on any atom is -0.349 e. The number of nitrogens with zero attached hydrogens (tertiary/aromatic N) is 3. The molecule has 0 saturated heterocycles. The third-order valence-corrected chi connectivity index (χ3v) is 4.56. The Balaban J connectivity index is 1.49. The van der Waals surface area contributed by atoms with Gasteiger partial charge < -0.3 is 10.3 Å². The quantitative estimate of drug-likeness (QED) is 0.573. The predicted octanol–water partition coefficient (Wildman–Crippen LogP) is 3.48. The highest BCUT2D eigenvalue weighted by Crippen LogP contribution is 2.21. The van der Waals surface area contributed by atoms with E-state index in [1.807, 2.05) is 73.3 Å². The standard InChI is InChI=1S/C21H21N5O/c1-14(17-6-3-4-7-20(17)26-11-5-10-22-26)23-21(27)13-16-8-9-18-19(12-16)25-15(2)24-18/h3-12,14H,13H2,1-2H3,(H,23,27)(H,24,25)/t14-/m0/s1. The van der Waals surface area contributed by atoms with E-state index in [0.29, 0.717) is 6.42 Å². The van der Waals surface area contributed by atoms with Gasteiger partial charge in [-0.05, 0) is 49.2 Å². The van der Waals surface area contributed by atoms with Gasteiger partial charge in [-0.1, -0.05) is 24.3 Å². The third-order valence-electron chi connectivity index (χ3n) is 4.56. The summed E-state index contributed by atoms with van der Waals surface area (Å²) in [5.74, 6) is 0.851. The fraction of sp³-hybridized carbons (Fsp3) is 0.190. The van der Waals surface area contributed by atoms with Crippen molar-refractivity contribution in [2.24, 2.45) is 0 Å². The van der Waals surface area contributed by atoms with E-state index in [4.69, 9.17) is 0 Å². The molecule has 0 unspecified atom stereocenters. The van der Waals surface area contributed by atoms with Crippen LogP contribution in [0.3, 0.4) is 0 Å². The highest BCUT2D eigenvalue weighted by molar-refractivity contribution is 5.82. The Morgan fingerprint density at radius 3 is 2.89 bits per heavy atom. The van der Waals surface area contributed by atoms with Gasteiger partial charge in [-0.3, -0.25) is 4.79 Å². The number of aromatic nitrogens is 4. The second-order valence-corrected chi connectivity index (χ2v) is 6.65. The highest BCUT2D eigenvalue weighted by atomic mass is 16.1. The van der Waals surface area contributed by atoms with Gasteiger partial charge in [0.25, 0.3) is 0 Å². The largest absolute Gasteiger partial charge is 0.349 e. The number of nitrogens with one attached hydrogen (secondary N) is 2. The number of aryl methyl sites for hydroxylation is 1. The smallest absolute Gasteiger partial charge is 0.224 e. The van der Waals surface area contributed by atoms with Crippen molar-refractivity contribution in [2.45, 2.75) is 26.3 Å². The number of amides is 1. The molecule has 4 aromatic rings. The molecule has 6 nitrogen and oxygen atoms in total. The fourth-order valence-corrected chi connectivity index (χ4v) is 3.32. The topological polar surface area (TPSA) is 75.6 Å². The second kappa shape index (κ2) is 7.07. The van der Waals surface area contributed by atoms with E-state index in [2.05, 4.69) is 20.4 Å². The Bertz CT molecular complexity index is 1080. The van der Waals surface area contributed by atoms with Crippen molar-refractivity contribution in [2.75, 3.05) is 0 Å². The van der Waals surface area contributed by atoms with E-state index in [0.717, 1.165) is 33.7 Å². The molecule has 0 aliphatic carbocycles. The van der Waals surface area contributed by atoms with Crippen molar-refractivity contribution in [3.05, 3.63) is 77.9 Å². The molecule has 0 aliphatic rings. The van der Waals surface area contributed by atoms with Crippen molar-refractivity contribution in [3.8, 4) is 5.69 Å². The summed E-state index contributed by atoms with van der Waals surface area (Å²) in [5.41, 5.74) is 4.81. The lowest BCUT2D eigenvalue weighted by Crippen LogP contribution is -2.28. The minimum absolute atomic E-state index is 0.0200. The second-order valence-electron chi connectivity index (χ2n) is 6.65. The molecule has 1 amide bonds. The Labute approximate surface area is 157 Å². The Kier molecular flexibility index (Phi) is 4.46. The summed E-state index contributed by atoms with van der Waals surface area (Å²) in [6.45, 7) is 3.91. The number of aromatic amines is 1. The first kappa shape index (κ1) is 17.0. The maximum absolute atomic E-state index is 12.6. The fourth-order valence-electron chi connectivity index (χ4n) is 3.32. The van der Waals surface area contributed by atoms with Crippen LogP contribution in [0.4, 0.5) is 0 Å². The van der Waals surface area contributed by atoms with Gasteiger partial charge in [-0.15, -0.1) is 0 Å². The van der Waals surface area contributed by atoms with Crippen LogP contribution in [0.5, 0.6) is 0 Å². The molecule has 0 fully saturated rings. The van der Waals surface area contributed by atoms with Gasteiger partial charge in [0.15, 0.2) is 0 Å². The van der Waals surface area contributed by atoms with Gasteiger partial charge in [0.05, 0.1) is 29.2 Å². The zero-order valence-electron chi connectivity index (χ0n) is 15.3. The van der Waals surface area contributed by atoms with Crippen LogP contribution in [0.25, 0.3) is 16.7 Å².